The first-order valence-electron chi connectivity index (χ1n) is 4.43. The van der Waals surface area contributed by atoms with E-state index < -0.39 is 0 Å². The van der Waals surface area contributed by atoms with Crippen LogP contribution in [-0.4, -0.2) is 35.6 Å². The zero-order valence-electron chi connectivity index (χ0n) is 8.69. The van der Waals surface area contributed by atoms with Gasteiger partial charge >= 0.3 is 0 Å². The molecular weight excluding hydrogens is 182 g/mol. The summed E-state index contributed by atoms with van der Waals surface area (Å²) in [6.07, 6.45) is 1.70. The highest BCUT2D eigenvalue weighted by Crippen LogP contribution is 2.15. The topological polar surface area (TPSA) is 63.3 Å². The van der Waals surface area contributed by atoms with Gasteiger partial charge in [-0.2, -0.15) is 0 Å². The zero-order chi connectivity index (χ0) is 10.7. The van der Waals surface area contributed by atoms with Gasteiger partial charge in [-0.25, -0.2) is 4.73 Å². The molecule has 0 saturated carbocycles. The van der Waals surface area contributed by atoms with Crippen LogP contribution in [0.1, 0.15) is 11.4 Å². The van der Waals surface area contributed by atoms with Gasteiger partial charge in [-0.1, -0.05) is 0 Å². The van der Waals surface area contributed by atoms with E-state index >= 15 is 0 Å². The molecule has 0 aliphatic rings. The molecular formula is C9H15N3O2. The second-order valence-electron chi connectivity index (χ2n) is 3.50. The zero-order valence-corrected chi connectivity index (χ0v) is 8.69. The van der Waals surface area contributed by atoms with Gasteiger partial charge in [-0.15, -0.1) is 0 Å². The number of hydrogen-bond donors (Lipinski definition) is 1. The third-order valence-electron chi connectivity index (χ3n) is 2.03. The highest BCUT2D eigenvalue weighted by Gasteiger charge is 2.14. The molecule has 0 amide bonds. The van der Waals surface area contributed by atoms with Crippen LogP contribution >= 0.6 is 0 Å². The summed E-state index contributed by atoms with van der Waals surface area (Å²) in [5.41, 5.74) is 0.872. The fourth-order valence-electron chi connectivity index (χ4n) is 1.14. The van der Waals surface area contributed by atoms with E-state index in [1.165, 1.54) is 6.33 Å². The Balaban J connectivity index is 2.89. The van der Waals surface area contributed by atoms with Gasteiger partial charge in [0.1, 0.15) is 0 Å². The molecule has 5 nitrogen and oxygen atoms in total. The quantitative estimate of drug-likeness (QED) is 0.540. The Morgan fingerprint density at radius 3 is 2.79 bits per heavy atom. The fraction of sp³-hybridized carbons (Fsp3) is 0.556. The molecule has 1 rings (SSSR count). The van der Waals surface area contributed by atoms with Gasteiger partial charge < -0.3 is 15.2 Å². The molecule has 1 aromatic rings. The van der Waals surface area contributed by atoms with Crippen LogP contribution in [0.25, 0.3) is 0 Å². The van der Waals surface area contributed by atoms with Crippen LogP contribution in [-0.2, 0) is 6.42 Å². The molecule has 1 N–H and O–H groups in total. The van der Waals surface area contributed by atoms with Crippen LogP contribution in [0.4, 0.5) is 0 Å². The molecule has 0 fully saturated rings. The average molecular weight is 197 g/mol. The highest BCUT2D eigenvalue weighted by atomic mass is 16.5. The maximum atomic E-state index is 11.3. The third kappa shape index (κ3) is 2.32. The van der Waals surface area contributed by atoms with Crippen molar-refractivity contribution in [1.82, 2.24) is 9.88 Å². The summed E-state index contributed by atoms with van der Waals surface area (Å²) in [4.78, 5) is 5.71. The van der Waals surface area contributed by atoms with E-state index in [4.69, 9.17) is 0 Å². The number of hydrogen-bond acceptors (Lipinski definition) is 4. The van der Waals surface area contributed by atoms with Crippen molar-refractivity contribution < 1.29 is 9.84 Å². The van der Waals surface area contributed by atoms with Crippen molar-refractivity contribution in [3.05, 3.63) is 22.9 Å². The summed E-state index contributed by atoms with van der Waals surface area (Å²) in [7, 11) is 3.83. The number of rotatable bonds is 3. The van der Waals surface area contributed by atoms with Gasteiger partial charge in [0.2, 0.25) is 5.75 Å². The summed E-state index contributed by atoms with van der Waals surface area (Å²) in [6.45, 7) is 2.40. The van der Waals surface area contributed by atoms with Crippen LogP contribution in [0.15, 0.2) is 6.33 Å². The number of likely N-dealkylation sites (N-methyl/N-ethyl adjacent to an activating group) is 1. The van der Waals surface area contributed by atoms with E-state index in [1.54, 1.807) is 6.92 Å². The minimum atomic E-state index is 0.00403. The molecule has 0 aliphatic heterocycles. The predicted octanol–water partition coefficient (Wildman–Crippen LogP) is -0.167. The van der Waals surface area contributed by atoms with Crippen molar-refractivity contribution in [3.63, 3.8) is 0 Å². The first kappa shape index (κ1) is 10.7. The second-order valence-corrected chi connectivity index (χ2v) is 3.50. The van der Waals surface area contributed by atoms with Crippen molar-refractivity contribution in [2.75, 3.05) is 20.6 Å². The van der Waals surface area contributed by atoms with E-state index in [-0.39, 0.29) is 5.75 Å². The summed E-state index contributed by atoms with van der Waals surface area (Å²) in [5.74, 6) is 0.00403. The van der Waals surface area contributed by atoms with Crippen LogP contribution in [0, 0.1) is 12.1 Å². The molecule has 0 radical (unpaired) electrons. The lowest BCUT2D eigenvalue weighted by Crippen LogP contribution is -2.34. The van der Waals surface area contributed by atoms with Crippen LogP contribution in [0.5, 0.6) is 5.75 Å². The summed E-state index contributed by atoms with van der Waals surface area (Å²) >= 11 is 0. The Morgan fingerprint density at radius 2 is 2.21 bits per heavy atom. The monoisotopic (exact) mass is 197 g/mol. The largest absolute Gasteiger partial charge is 0.711 e. The highest BCUT2D eigenvalue weighted by molar-refractivity contribution is 5.26. The van der Waals surface area contributed by atoms with E-state index in [2.05, 4.69) is 4.98 Å². The molecule has 0 bridgehead atoms. The summed E-state index contributed by atoms with van der Waals surface area (Å²) in [5, 5.41) is 20.9. The maximum Gasteiger partial charge on any atom is 0.289 e. The Morgan fingerprint density at radius 1 is 1.57 bits per heavy atom. The van der Waals surface area contributed by atoms with Gasteiger partial charge in [0.15, 0.2) is 11.4 Å². The molecule has 0 aromatic carbocycles. The van der Waals surface area contributed by atoms with E-state index in [0.717, 1.165) is 6.54 Å². The van der Waals surface area contributed by atoms with Crippen LogP contribution in [0.3, 0.4) is 0 Å². The predicted molar refractivity (Wildman–Crippen MR) is 51.9 cm³/mol. The molecule has 1 aromatic heterocycles. The maximum absolute atomic E-state index is 11.3. The van der Waals surface area contributed by atoms with Gasteiger partial charge in [0.25, 0.3) is 6.33 Å². The first-order chi connectivity index (χ1) is 6.52. The molecule has 0 aliphatic carbocycles. The lowest BCUT2D eigenvalue weighted by Gasteiger charge is -2.12. The van der Waals surface area contributed by atoms with E-state index in [0.29, 0.717) is 22.5 Å². The lowest BCUT2D eigenvalue weighted by atomic mass is 10.2. The Bertz CT molecular complexity index is 326. The van der Waals surface area contributed by atoms with Gasteiger partial charge in [0, 0.05) is 19.9 Å². The number of nitrogens with zero attached hydrogens (tertiary/aromatic N) is 3. The van der Waals surface area contributed by atoms with E-state index in [9.17, 15) is 10.3 Å². The summed E-state index contributed by atoms with van der Waals surface area (Å²) in [6, 6.07) is 0. The molecule has 1 heterocycles. The normalized spacial score (nSPS) is 10.9. The van der Waals surface area contributed by atoms with Crippen molar-refractivity contribution in [3.8, 4) is 5.75 Å². The molecule has 0 saturated heterocycles. The SMILES string of the molecule is Cc1nc[n+]([O-])c(CCN(C)C)c1O. The molecule has 0 unspecified atom stereocenters. The Labute approximate surface area is 83.2 Å². The molecule has 0 atom stereocenters. The standard InChI is InChI=1S/C9H15N3O2/c1-7-9(13)8(4-5-11(2)3)12(14)6-10-7/h6,13H,4-5H2,1-3H3. The third-order valence-corrected chi connectivity index (χ3v) is 2.03. The van der Waals surface area contributed by atoms with Crippen molar-refractivity contribution in [2.24, 2.45) is 0 Å². The molecule has 0 spiro atoms. The molecule has 14 heavy (non-hydrogen) atoms. The Hall–Kier alpha value is -1.36. The Kier molecular flexibility index (Phi) is 3.24. The minimum absolute atomic E-state index is 0.00403. The van der Waals surface area contributed by atoms with Crippen LogP contribution in [0.2, 0.25) is 0 Å². The first-order valence-corrected chi connectivity index (χ1v) is 4.43. The van der Waals surface area contributed by atoms with Gasteiger partial charge in [0.05, 0.1) is 0 Å². The van der Waals surface area contributed by atoms with Crippen LogP contribution < -0.4 is 4.73 Å². The van der Waals surface area contributed by atoms with Crippen molar-refractivity contribution in [2.45, 2.75) is 13.3 Å². The molecule has 78 valence electrons. The lowest BCUT2D eigenvalue weighted by molar-refractivity contribution is -0.618. The van der Waals surface area contributed by atoms with Gasteiger partial charge in [-0.05, 0) is 19.1 Å². The second kappa shape index (κ2) is 4.23. The number of aryl methyl sites for hydroxylation is 1. The number of aromatic hydroxyl groups is 1. The van der Waals surface area contributed by atoms with Crippen molar-refractivity contribution in [1.29, 1.82) is 0 Å². The van der Waals surface area contributed by atoms with Gasteiger partial charge in [-0.3, -0.25) is 0 Å². The smallest absolute Gasteiger partial charge is 0.289 e. The van der Waals surface area contributed by atoms with E-state index in [1.807, 2.05) is 19.0 Å². The van der Waals surface area contributed by atoms with Crippen molar-refractivity contribution >= 4 is 0 Å². The summed E-state index contributed by atoms with van der Waals surface area (Å²) < 4.78 is 0.617. The average Bonchev–Trinajstić information content (AvgIpc) is 2.11. The number of aromatic nitrogens is 2. The molecule has 5 heteroatoms. The minimum Gasteiger partial charge on any atom is -0.711 e. The fourth-order valence-corrected chi connectivity index (χ4v) is 1.14.